The Balaban J connectivity index is 1.39. The van der Waals surface area contributed by atoms with E-state index >= 15 is 0 Å². The number of hydrogen-bond donors (Lipinski definition) is 0. The molecule has 0 aromatic heterocycles. The summed E-state index contributed by atoms with van der Waals surface area (Å²) >= 11 is 0. The van der Waals surface area contributed by atoms with E-state index in [9.17, 15) is 0 Å². The summed E-state index contributed by atoms with van der Waals surface area (Å²) in [7, 11) is 1.73. The molecular formula is C40H46O6. The molecule has 6 heteroatoms. The van der Waals surface area contributed by atoms with E-state index in [1.165, 1.54) is 11.1 Å². The van der Waals surface area contributed by atoms with Crippen LogP contribution in [0, 0.1) is 5.92 Å². The van der Waals surface area contributed by atoms with Gasteiger partial charge in [0.1, 0.15) is 19.3 Å². The van der Waals surface area contributed by atoms with Crippen molar-refractivity contribution in [3.63, 3.8) is 0 Å². The van der Waals surface area contributed by atoms with E-state index in [1.807, 2.05) is 42.5 Å². The lowest BCUT2D eigenvalue weighted by molar-refractivity contribution is -0.369. The molecule has 2 aliphatic heterocycles. The Morgan fingerprint density at radius 1 is 0.717 bits per heavy atom. The third-order valence-electron chi connectivity index (χ3n) is 9.36. The Morgan fingerprint density at radius 3 is 2.04 bits per heavy atom. The highest BCUT2D eigenvalue weighted by molar-refractivity contribution is 5.46. The van der Waals surface area contributed by atoms with Gasteiger partial charge in [0.15, 0.2) is 11.5 Å². The predicted octanol–water partition coefficient (Wildman–Crippen LogP) is 8.03. The molecule has 46 heavy (non-hydrogen) atoms. The molecule has 0 spiro atoms. The fourth-order valence-electron chi connectivity index (χ4n) is 6.81. The first-order valence-corrected chi connectivity index (χ1v) is 16.6. The second-order valence-electron chi connectivity index (χ2n) is 12.3. The molecule has 6 nitrogen and oxygen atoms in total. The maximum atomic E-state index is 7.04. The molecule has 0 N–H and O–H groups in total. The van der Waals surface area contributed by atoms with Crippen LogP contribution in [0.5, 0.6) is 11.5 Å². The summed E-state index contributed by atoms with van der Waals surface area (Å²) in [5.74, 6) is 0.490. The molecule has 0 aliphatic carbocycles. The summed E-state index contributed by atoms with van der Waals surface area (Å²) in [6.07, 6.45) is 1.56. The lowest BCUT2D eigenvalue weighted by atomic mass is 9.81. The minimum atomic E-state index is -1.18. The van der Waals surface area contributed by atoms with Gasteiger partial charge in [-0.25, -0.2) is 0 Å². The highest BCUT2D eigenvalue weighted by Gasteiger charge is 2.56. The summed E-state index contributed by atoms with van der Waals surface area (Å²) in [6, 6.07) is 33.4. The summed E-state index contributed by atoms with van der Waals surface area (Å²) in [5.41, 5.74) is 6.78. The quantitative estimate of drug-likeness (QED) is 0.160. The van der Waals surface area contributed by atoms with Gasteiger partial charge in [-0.2, -0.15) is 0 Å². The topological polar surface area (TPSA) is 55.4 Å². The number of rotatable bonds is 12. The van der Waals surface area contributed by atoms with Gasteiger partial charge in [0.25, 0.3) is 0 Å². The number of methoxy groups -OCH3 is 1. The normalized spacial score (nSPS) is 24.1. The van der Waals surface area contributed by atoms with Gasteiger partial charge in [0.05, 0.1) is 25.4 Å². The molecular weight excluding hydrogens is 576 g/mol. The van der Waals surface area contributed by atoms with Gasteiger partial charge in [-0.3, -0.25) is 0 Å². The Bertz CT molecular complexity index is 1560. The highest BCUT2D eigenvalue weighted by Crippen LogP contribution is 2.46. The molecule has 4 aromatic carbocycles. The Hall–Kier alpha value is -3.68. The summed E-state index contributed by atoms with van der Waals surface area (Å²) in [4.78, 5) is 0. The van der Waals surface area contributed by atoms with E-state index in [2.05, 4.69) is 75.4 Å². The minimum absolute atomic E-state index is 0.0739. The van der Waals surface area contributed by atoms with Crippen molar-refractivity contribution in [1.29, 1.82) is 0 Å². The molecule has 1 unspecified atom stereocenters. The van der Waals surface area contributed by atoms with Gasteiger partial charge < -0.3 is 28.4 Å². The van der Waals surface area contributed by atoms with E-state index in [0.29, 0.717) is 26.4 Å². The lowest BCUT2D eigenvalue weighted by Crippen LogP contribution is -2.62. The van der Waals surface area contributed by atoms with Crippen LogP contribution >= 0.6 is 0 Å². The minimum Gasteiger partial charge on any atom is -0.486 e. The van der Waals surface area contributed by atoms with Crippen LogP contribution in [0.25, 0.3) is 0 Å². The third kappa shape index (κ3) is 6.86. The fourth-order valence-corrected chi connectivity index (χ4v) is 6.81. The maximum absolute atomic E-state index is 7.04. The first kappa shape index (κ1) is 32.3. The summed E-state index contributed by atoms with van der Waals surface area (Å²) in [5, 5.41) is 0. The van der Waals surface area contributed by atoms with Crippen molar-refractivity contribution < 1.29 is 28.4 Å². The molecule has 0 bridgehead atoms. The smallest absolute Gasteiger partial charge is 0.224 e. The van der Waals surface area contributed by atoms with Crippen LogP contribution in [0.1, 0.15) is 60.6 Å². The number of ether oxygens (including phenoxy) is 6. The molecule has 242 valence electrons. The average Bonchev–Trinajstić information content (AvgIpc) is 3.11. The standard InChI is InChI=1S/C40H46O6/c1-5-32-18-19-34(25-33(32)23-31-17-20-36-37(24-31)43-22-21-42-36)40(41-4)39(45-27-30-15-11-8-12-16-30)38(28(3)35(6-2)46-40)44-26-29-13-9-7-10-14-29/h7-20,24-25,28,35,38-39H,5-6,21-23,26-27H2,1-4H3/t28-,35-,38+,39-,40?/m1/s1. The molecule has 4 aromatic rings. The predicted molar refractivity (Wildman–Crippen MR) is 179 cm³/mol. The monoisotopic (exact) mass is 622 g/mol. The first-order valence-electron chi connectivity index (χ1n) is 16.6. The summed E-state index contributed by atoms with van der Waals surface area (Å²) < 4.78 is 38.9. The van der Waals surface area contributed by atoms with Crippen LogP contribution in [0.3, 0.4) is 0 Å². The van der Waals surface area contributed by atoms with E-state index < -0.39 is 11.9 Å². The van der Waals surface area contributed by atoms with Crippen molar-refractivity contribution in [3.05, 3.63) is 130 Å². The molecule has 2 heterocycles. The second kappa shape index (κ2) is 14.8. The molecule has 1 fully saturated rings. The Kier molecular flexibility index (Phi) is 10.4. The maximum Gasteiger partial charge on any atom is 0.224 e. The second-order valence-corrected chi connectivity index (χ2v) is 12.3. The molecule has 0 saturated carbocycles. The fraction of sp³-hybridized carbons (Fsp3) is 0.400. The zero-order chi connectivity index (χ0) is 31.9. The van der Waals surface area contributed by atoms with Crippen molar-refractivity contribution in [3.8, 4) is 11.5 Å². The van der Waals surface area contributed by atoms with Gasteiger partial charge in [-0.15, -0.1) is 0 Å². The van der Waals surface area contributed by atoms with Crippen molar-refractivity contribution >= 4 is 0 Å². The van der Waals surface area contributed by atoms with Gasteiger partial charge >= 0.3 is 0 Å². The Morgan fingerprint density at radius 2 is 1.39 bits per heavy atom. The van der Waals surface area contributed by atoms with Crippen molar-refractivity contribution in [1.82, 2.24) is 0 Å². The molecule has 2 aliphatic rings. The highest BCUT2D eigenvalue weighted by atomic mass is 16.7. The van der Waals surface area contributed by atoms with Crippen LogP contribution in [0.2, 0.25) is 0 Å². The molecule has 0 amide bonds. The third-order valence-corrected chi connectivity index (χ3v) is 9.36. The summed E-state index contributed by atoms with van der Waals surface area (Å²) in [6.45, 7) is 8.58. The van der Waals surface area contributed by atoms with Crippen LogP contribution in [0.15, 0.2) is 97.1 Å². The molecule has 6 rings (SSSR count). The molecule has 1 saturated heterocycles. The number of fused-ring (bicyclic) bond motifs is 1. The van der Waals surface area contributed by atoms with Crippen molar-refractivity contribution in [2.75, 3.05) is 20.3 Å². The SMILES string of the molecule is CCc1ccc(C2(OC)O[C@H](CC)[C@@H](C)[C@H](OCc3ccccc3)[C@H]2OCc2ccccc2)cc1Cc1ccc2c(c1)OCCO2. The van der Waals surface area contributed by atoms with Crippen molar-refractivity contribution in [2.24, 2.45) is 5.92 Å². The van der Waals surface area contributed by atoms with Gasteiger partial charge in [0, 0.05) is 18.6 Å². The largest absolute Gasteiger partial charge is 0.486 e. The van der Waals surface area contributed by atoms with Gasteiger partial charge in [-0.1, -0.05) is 99.6 Å². The zero-order valence-corrected chi connectivity index (χ0v) is 27.4. The van der Waals surface area contributed by atoms with E-state index in [-0.39, 0.29) is 18.1 Å². The number of aryl methyl sites for hydroxylation is 1. The van der Waals surface area contributed by atoms with Crippen LogP contribution in [-0.2, 0) is 50.8 Å². The van der Waals surface area contributed by atoms with E-state index in [1.54, 1.807) is 7.11 Å². The van der Waals surface area contributed by atoms with Crippen LogP contribution < -0.4 is 9.47 Å². The lowest BCUT2D eigenvalue weighted by Gasteiger charge is -2.52. The van der Waals surface area contributed by atoms with E-state index in [4.69, 9.17) is 28.4 Å². The average molecular weight is 623 g/mol. The van der Waals surface area contributed by atoms with Crippen molar-refractivity contribution in [2.45, 2.75) is 77.3 Å². The molecule has 0 radical (unpaired) electrons. The Labute approximate surface area is 273 Å². The first-order chi connectivity index (χ1) is 22.5. The van der Waals surface area contributed by atoms with Gasteiger partial charge in [-0.05, 0) is 65.3 Å². The van der Waals surface area contributed by atoms with Crippen LogP contribution in [-0.4, -0.2) is 38.6 Å². The molecule has 5 atom stereocenters. The number of hydrogen-bond acceptors (Lipinski definition) is 6. The van der Waals surface area contributed by atoms with Crippen LogP contribution in [0.4, 0.5) is 0 Å². The zero-order valence-electron chi connectivity index (χ0n) is 27.4. The van der Waals surface area contributed by atoms with E-state index in [0.717, 1.165) is 53.0 Å². The van der Waals surface area contributed by atoms with Gasteiger partial charge in [0.2, 0.25) is 5.79 Å². The number of benzene rings is 4.